The molecule has 0 radical (unpaired) electrons. The van der Waals surface area contributed by atoms with Crippen LogP contribution in [-0.4, -0.2) is 46.6 Å². The zero-order chi connectivity index (χ0) is 14.7. The van der Waals surface area contributed by atoms with E-state index < -0.39 is 10.6 Å². The molecule has 0 bridgehead atoms. The molecule has 1 aromatic heterocycles. The fraction of sp³-hybridized carbons (Fsp3) is 0.400. The standard InChI is InChI=1S/C10H12N4O6/c15-5-3-12(4-6-16)7-1-2-8(13(17)18)10-9(7)11-20-14(10)19/h1-2,15-16H,3-6H2. The Morgan fingerprint density at radius 1 is 1.35 bits per heavy atom. The van der Waals surface area contributed by atoms with Gasteiger partial charge in [0.05, 0.1) is 23.8 Å². The summed E-state index contributed by atoms with van der Waals surface area (Å²) in [7, 11) is 0. The van der Waals surface area contributed by atoms with Gasteiger partial charge in [-0.3, -0.25) is 14.7 Å². The number of aliphatic hydroxyl groups excluding tert-OH is 2. The van der Waals surface area contributed by atoms with Gasteiger partial charge in [0.15, 0.2) is 0 Å². The SMILES string of the molecule is O=[N+]([O-])c1ccc(N(CCO)CCO)c2no[n+]([O-])c12. The summed E-state index contributed by atoms with van der Waals surface area (Å²) in [5.41, 5.74) is -0.343. The van der Waals surface area contributed by atoms with Gasteiger partial charge < -0.3 is 20.3 Å². The van der Waals surface area contributed by atoms with E-state index in [-0.39, 0.29) is 42.2 Å². The Bertz CT molecular complexity index is 621. The van der Waals surface area contributed by atoms with E-state index in [9.17, 15) is 15.3 Å². The van der Waals surface area contributed by atoms with Gasteiger partial charge in [-0.2, -0.15) is 0 Å². The van der Waals surface area contributed by atoms with Gasteiger partial charge in [-0.25, -0.2) is 0 Å². The summed E-state index contributed by atoms with van der Waals surface area (Å²) in [6, 6.07) is 2.55. The number of nitro groups is 1. The van der Waals surface area contributed by atoms with Crippen molar-refractivity contribution in [3.8, 4) is 0 Å². The summed E-state index contributed by atoms with van der Waals surface area (Å²) >= 11 is 0. The summed E-state index contributed by atoms with van der Waals surface area (Å²) in [5, 5.41) is 43.9. The molecule has 10 nitrogen and oxygen atoms in total. The molecule has 0 aliphatic carbocycles. The van der Waals surface area contributed by atoms with Gasteiger partial charge in [0.1, 0.15) is 0 Å². The normalized spacial score (nSPS) is 10.9. The lowest BCUT2D eigenvalue weighted by molar-refractivity contribution is -0.783. The molecule has 20 heavy (non-hydrogen) atoms. The zero-order valence-electron chi connectivity index (χ0n) is 10.3. The molecule has 2 aromatic rings. The highest BCUT2D eigenvalue weighted by molar-refractivity contribution is 5.92. The van der Waals surface area contributed by atoms with Gasteiger partial charge in [-0.1, -0.05) is 0 Å². The number of rotatable bonds is 6. The number of benzene rings is 1. The second-order valence-corrected chi connectivity index (χ2v) is 3.92. The van der Waals surface area contributed by atoms with Crippen LogP contribution in [0, 0.1) is 15.3 Å². The first kappa shape index (κ1) is 14.0. The van der Waals surface area contributed by atoms with Gasteiger partial charge in [-0.15, -0.1) is 0 Å². The van der Waals surface area contributed by atoms with Gasteiger partial charge in [0, 0.05) is 24.3 Å². The predicted molar refractivity (Wildman–Crippen MR) is 66.0 cm³/mol. The van der Waals surface area contributed by atoms with Crippen molar-refractivity contribution in [2.75, 3.05) is 31.2 Å². The average Bonchev–Trinajstić information content (AvgIpc) is 2.80. The maximum Gasteiger partial charge on any atom is 0.324 e. The highest BCUT2D eigenvalue weighted by Crippen LogP contribution is 2.30. The smallest absolute Gasteiger partial charge is 0.324 e. The van der Waals surface area contributed by atoms with Crippen LogP contribution in [-0.2, 0) is 0 Å². The van der Waals surface area contributed by atoms with Crippen LogP contribution in [0.1, 0.15) is 0 Å². The summed E-state index contributed by atoms with van der Waals surface area (Å²) in [5.74, 6) is 0. The van der Waals surface area contributed by atoms with E-state index in [0.717, 1.165) is 6.07 Å². The third-order valence-corrected chi connectivity index (χ3v) is 2.77. The van der Waals surface area contributed by atoms with E-state index in [1.165, 1.54) is 6.07 Å². The van der Waals surface area contributed by atoms with Crippen molar-refractivity contribution >= 4 is 22.4 Å². The fourth-order valence-corrected chi connectivity index (χ4v) is 1.94. The Morgan fingerprint density at radius 2 is 2.00 bits per heavy atom. The minimum absolute atomic E-state index is 0.0103. The monoisotopic (exact) mass is 284 g/mol. The number of aromatic nitrogens is 2. The van der Waals surface area contributed by atoms with E-state index in [2.05, 4.69) is 9.79 Å². The van der Waals surface area contributed by atoms with E-state index in [4.69, 9.17) is 10.2 Å². The van der Waals surface area contributed by atoms with E-state index in [1.54, 1.807) is 4.90 Å². The number of anilines is 1. The molecule has 1 heterocycles. The van der Waals surface area contributed by atoms with Crippen LogP contribution < -0.4 is 9.80 Å². The topological polar surface area (TPSA) is 140 Å². The summed E-state index contributed by atoms with van der Waals surface area (Å²) < 4.78 is 4.41. The minimum Gasteiger partial charge on any atom is -0.395 e. The van der Waals surface area contributed by atoms with Crippen molar-refractivity contribution in [3.63, 3.8) is 0 Å². The van der Waals surface area contributed by atoms with Crippen LogP contribution in [0.2, 0.25) is 0 Å². The van der Waals surface area contributed by atoms with Crippen molar-refractivity contribution in [2.24, 2.45) is 0 Å². The van der Waals surface area contributed by atoms with E-state index in [0.29, 0.717) is 5.69 Å². The second-order valence-electron chi connectivity index (χ2n) is 3.92. The largest absolute Gasteiger partial charge is 0.395 e. The fourth-order valence-electron chi connectivity index (χ4n) is 1.94. The summed E-state index contributed by atoms with van der Waals surface area (Å²) in [6.07, 6.45) is 0. The second kappa shape index (κ2) is 5.67. The highest BCUT2D eigenvalue weighted by Gasteiger charge is 2.28. The quantitative estimate of drug-likeness (QED) is 0.397. The first-order valence-corrected chi connectivity index (χ1v) is 5.73. The molecule has 2 rings (SSSR count). The number of hydrogen-bond acceptors (Lipinski definition) is 8. The van der Waals surface area contributed by atoms with Gasteiger partial charge >= 0.3 is 11.2 Å². The molecule has 0 saturated heterocycles. The van der Waals surface area contributed by atoms with Gasteiger partial charge in [-0.05, 0) is 11.0 Å². The Hall–Kier alpha value is -2.46. The Morgan fingerprint density at radius 3 is 2.55 bits per heavy atom. The van der Waals surface area contributed by atoms with E-state index in [1.807, 2.05) is 0 Å². The number of aliphatic hydroxyl groups is 2. The molecule has 108 valence electrons. The lowest BCUT2D eigenvalue weighted by Crippen LogP contribution is -2.30. The van der Waals surface area contributed by atoms with Crippen LogP contribution in [0.15, 0.2) is 16.8 Å². The van der Waals surface area contributed by atoms with Crippen LogP contribution in [0.25, 0.3) is 11.0 Å². The average molecular weight is 284 g/mol. The summed E-state index contributed by atoms with van der Waals surface area (Å²) in [4.78, 5) is 11.7. The molecular weight excluding hydrogens is 272 g/mol. The third-order valence-electron chi connectivity index (χ3n) is 2.77. The number of fused-ring (bicyclic) bond motifs is 1. The lowest BCUT2D eigenvalue weighted by atomic mass is 10.2. The molecule has 0 aliphatic rings. The molecule has 0 atom stereocenters. The predicted octanol–water partition coefficient (Wildman–Crippen LogP) is -0.840. The first-order valence-electron chi connectivity index (χ1n) is 5.73. The lowest BCUT2D eigenvalue weighted by Gasteiger charge is -2.21. The van der Waals surface area contributed by atoms with Crippen molar-refractivity contribution in [2.45, 2.75) is 0 Å². The summed E-state index contributed by atoms with van der Waals surface area (Å²) in [6.45, 7) is -0.0141. The zero-order valence-corrected chi connectivity index (χ0v) is 10.3. The van der Waals surface area contributed by atoms with E-state index >= 15 is 0 Å². The number of hydrogen-bond donors (Lipinski definition) is 2. The molecular formula is C10H12N4O6. The number of nitro benzene ring substituents is 1. The van der Waals surface area contributed by atoms with Crippen molar-refractivity contribution < 1.29 is 24.7 Å². The van der Waals surface area contributed by atoms with Gasteiger partial charge in [0.2, 0.25) is 0 Å². The molecule has 1 aromatic carbocycles. The van der Waals surface area contributed by atoms with Crippen molar-refractivity contribution in [1.82, 2.24) is 5.16 Å². The van der Waals surface area contributed by atoms with Crippen LogP contribution >= 0.6 is 0 Å². The van der Waals surface area contributed by atoms with Crippen LogP contribution in [0.5, 0.6) is 0 Å². The Balaban J connectivity index is 2.60. The molecule has 0 aliphatic heterocycles. The maximum atomic E-state index is 11.5. The molecule has 0 fully saturated rings. The molecule has 0 saturated carbocycles. The first-order chi connectivity index (χ1) is 9.60. The van der Waals surface area contributed by atoms with Crippen LogP contribution in [0.3, 0.4) is 0 Å². The molecule has 2 N–H and O–H groups in total. The molecule has 0 amide bonds. The minimum atomic E-state index is -0.708. The maximum absolute atomic E-state index is 11.5. The van der Waals surface area contributed by atoms with Crippen LogP contribution in [0.4, 0.5) is 11.4 Å². The molecule has 0 unspecified atom stereocenters. The Labute approximate surface area is 112 Å². The van der Waals surface area contributed by atoms with Crippen molar-refractivity contribution in [3.05, 3.63) is 27.5 Å². The molecule has 10 heteroatoms. The molecule has 0 spiro atoms. The number of nitrogens with zero attached hydrogens (tertiary/aromatic N) is 4. The highest BCUT2D eigenvalue weighted by atomic mass is 16.8. The van der Waals surface area contributed by atoms with Crippen molar-refractivity contribution in [1.29, 1.82) is 0 Å². The van der Waals surface area contributed by atoms with Gasteiger partial charge in [0.25, 0.3) is 5.52 Å². The third kappa shape index (κ3) is 2.33. The Kier molecular flexibility index (Phi) is 3.96. The number of non-ortho nitro benzene ring substituents is 1.